The summed E-state index contributed by atoms with van der Waals surface area (Å²) in [6, 6.07) is 5.10. The first-order valence-corrected chi connectivity index (χ1v) is 9.05. The topological polar surface area (TPSA) is 62.6 Å². The molecule has 1 fully saturated rings. The molecule has 1 aliphatic heterocycles. The van der Waals surface area contributed by atoms with Crippen LogP contribution in [0.3, 0.4) is 0 Å². The molecular weight excluding hydrogens is 372 g/mol. The quantitative estimate of drug-likeness (QED) is 0.866. The first-order chi connectivity index (χ1) is 11.5. The number of rotatable bonds is 3. The minimum absolute atomic E-state index is 0.0282. The fourth-order valence-corrected chi connectivity index (χ4v) is 3.47. The van der Waals surface area contributed by atoms with Crippen molar-refractivity contribution in [1.29, 1.82) is 0 Å². The van der Waals surface area contributed by atoms with Crippen LogP contribution >= 0.6 is 15.9 Å². The van der Waals surface area contributed by atoms with Gasteiger partial charge in [-0.1, -0.05) is 15.9 Å². The Kier molecular flexibility index (Phi) is 4.94. The molecule has 1 aliphatic rings. The molecule has 0 saturated carbocycles. The third kappa shape index (κ3) is 3.34. The van der Waals surface area contributed by atoms with Gasteiger partial charge in [0.05, 0.1) is 0 Å². The predicted octanol–water partition coefficient (Wildman–Crippen LogP) is 3.63. The van der Waals surface area contributed by atoms with Crippen molar-refractivity contribution in [2.75, 3.05) is 13.1 Å². The maximum atomic E-state index is 12.5. The summed E-state index contributed by atoms with van der Waals surface area (Å²) in [4.78, 5) is 26.8. The van der Waals surface area contributed by atoms with Crippen molar-refractivity contribution in [2.45, 2.75) is 39.2 Å². The van der Waals surface area contributed by atoms with E-state index in [0.29, 0.717) is 5.58 Å². The largest absolute Gasteiger partial charge is 0.451 e. The number of nitrogens with zero attached hydrogens (tertiary/aromatic N) is 1. The van der Waals surface area contributed by atoms with Crippen LogP contribution in [0.15, 0.2) is 27.1 Å². The van der Waals surface area contributed by atoms with Crippen LogP contribution in [0.5, 0.6) is 0 Å². The van der Waals surface area contributed by atoms with Gasteiger partial charge in [-0.05, 0) is 51.3 Å². The maximum absolute atomic E-state index is 12.5. The summed E-state index contributed by atoms with van der Waals surface area (Å²) < 4.78 is 6.59. The van der Waals surface area contributed by atoms with E-state index in [1.54, 1.807) is 6.92 Å². The average molecular weight is 393 g/mol. The highest BCUT2D eigenvalue weighted by molar-refractivity contribution is 9.10. The van der Waals surface area contributed by atoms with Crippen LogP contribution in [0.1, 0.15) is 42.3 Å². The molecule has 2 heterocycles. The Morgan fingerprint density at radius 2 is 1.96 bits per heavy atom. The molecule has 6 heteroatoms. The number of carbonyl (C=O) groups is 2. The Balaban J connectivity index is 1.74. The van der Waals surface area contributed by atoms with Crippen molar-refractivity contribution in [3.8, 4) is 0 Å². The second-order valence-corrected chi connectivity index (χ2v) is 7.19. The number of fused-ring (bicyclic) bond motifs is 1. The van der Waals surface area contributed by atoms with E-state index in [-0.39, 0.29) is 17.6 Å². The summed E-state index contributed by atoms with van der Waals surface area (Å²) in [5.74, 6) is -0.112. The minimum atomic E-state index is -0.560. The van der Waals surface area contributed by atoms with Crippen molar-refractivity contribution >= 4 is 38.7 Å². The number of benzene rings is 1. The van der Waals surface area contributed by atoms with Gasteiger partial charge in [-0.25, -0.2) is 0 Å². The van der Waals surface area contributed by atoms with Crippen LogP contribution in [0, 0.1) is 6.92 Å². The maximum Gasteiger partial charge on any atom is 0.287 e. The molecule has 128 valence electrons. The summed E-state index contributed by atoms with van der Waals surface area (Å²) in [5.41, 5.74) is 1.44. The summed E-state index contributed by atoms with van der Waals surface area (Å²) in [5, 5.41) is 3.68. The van der Waals surface area contributed by atoms with Crippen LogP contribution in [0.2, 0.25) is 0 Å². The van der Waals surface area contributed by atoms with E-state index < -0.39 is 6.04 Å². The molecule has 0 radical (unpaired) electrons. The SMILES string of the molecule is Cc1c(C(=O)NC(C)C(=O)N2CCCCC2)oc2cc(Br)ccc12. The van der Waals surface area contributed by atoms with Crippen molar-refractivity contribution < 1.29 is 14.0 Å². The lowest BCUT2D eigenvalue weighted by Crippen LogP contribution is -2.48. The molecule has 1 aromatic carbocycles. The molecule has 1 atom stereocenters. The summed E-state index contributed by atoms with van der Waals surface area (Å²) in [6.45, 7) is 5.13. The van der Waals surface area contributed by atoms with Crippen molar-refractivity contribution in [3.05, 3.63) is 34.0 Å². The van der Waals surface area contributed by atoms with Gasteiger partial charge in [0.25, 0.3) is 5.91 Å². The number of amides is 2. The van der Waals surface area contributed by atoms with Crippen molar-refractivity contribution in [3.63, 3.8) is 0 Å². The summed E-state index contributed by atoms with van der Waals surface area (Å²) in [6.07, 6.45) is 3.23. The number of carbonyl (C=O) groups excluding carboxylic acids is 2. The number of halogens is 1. The van der Waals surface area contributed by atoms with Gasteiger partial charge in [0.15, 0.2) is 5.76 Å². The Morgan fingerprint density at radius 3 is 2.67 bits per heavy atom. The van der Waals surface area contributed by atoms with Gasteiger partial charge in [0.1, 0.15) is 11.6 Å². The second-order valence-electron chi connectivity index (χ2n) is 6.28. The highest BCUT2D eigenvalue weighted by Crippen LogP contribution is 2.28. The highest BCUT2D eigenvalue weighted by Gasteiger charge is 2.26. The van der Waals surface area contributed by atoms with E-state index in [0.717, 1.165) is 47.8 Å². The molecule has 0 bridgehead atoms. The highest BCUT2D eigenvalue weighted by atomic mass is 79.9. The van der Waals surface area contributed by atoms with E-state index >= 15 is 0 Å². The van der Waals surface area contributed by atoms with E-state index in [2.05, 4.69) is 21.2 Å². The van der Waals surface area contributed by atoms with Gasteiger partial charge in [0.2, 0.25) is 5.91 Å². The predicted molar refractivity (Wildman–Crippen MR) is 96.0 cm³/mol. The van der Waals surface area contributed by atoms with Gasteiger partial charge >= 0.3 is 0 Å². The molecule has 2 amide bonds. The number of furan rings is 1. The molecule has 1 N–H and O–H groups in total. The van der Waals surface area contributed by atoms with Gasteiger partial charge in [-0.3, -0.25) is 9.59 Å². The number of nitrogens with one attached hydrogen (secondary N) is 1. The Labute approximate surface area is 149 Å². The normalized spacial score (nSPS) is 16.2. The Bertz CT molecular complexity index is 778. The molecule has 1 saturated heterocycles. The van der Waals surface area contributed by atoms with E-state index in [4.69, 9.17) is 4.42 Å². The smallest absolute Gasteiger partial charge is 0.287 e. The minimum Gasteiger partial charge on any atom is -0.451 e. The van der Waals surface area contributed by atoms with Crippen LogP contribution in [0.25, 0.3) is 11.0 Å². The van der Waals surface area contributed by atoms with Crippen molar-refractivity contribution in [2.24, 2.45) is 0 Å². The van der Waals surface area contributed by atoms with Crippen LogP contribution in [-0.4, -0.2) is 35.8 Å². The molecular formula is C18H21BrN2O3. The van der Waals surface area contributed by atoms with Crippen LogP contribution in [-0.2, 0) is 4.79 Å². The van der Waals surface area contributed by atoms with Gasteiger partial charge in [-0.15, -0.1) is 0 Å². The lowest BCUT2D eigenvalue weighted by atomic mass is 10.1. The molecule has 1 aromatic heterocycles. The first kappa shape index (κ1) is 17.0. The number of hydrogen-bond acceptors (Lipinski definition) is 3. The van der Waals surface area contributed by atoms with Gasteiger partial charge < -0.3 is 14.6 Å². The molecule has 0 spiro atoms. The zero-order chi connectivity index (χ0) is 17.3. The monoisotopic (exact) mass is 392 g/mol. The Hall–Kier alpha value is -1.82. The zero-order valence-electron chi connectivity index (χ0n) is 13.9. The van der Waals surface area contributed by atoms with Crippen LogP contribution in [0.4, 0.5) is 0 Å². The second kappa shape index (κ2) is 6.97. The van der Waals surface area contributed by atoms with Gasteiger partial charge in [0, 0.05) is 28.5 Å². The molecule has 1 unspecified atom stereocenters. The van der Waals surface area contributed by atoms with E-state index in [1.165, 1.54) is 0 Å². The third-order valence-electron chi connectivity index (χ3n) is 4.49. The molecule has 5 nitrogen and oxygen atoms in total. The fourth-order valence-electron chi connectivity index (χ4n) is 3.13. The van der Waals surface area contributed by atoms with E-state index in [9.17, 15) is 9.59 Å². The first-order valence-electron chi connectivity index (χ1n) is 8.25. The number of likely N-dealkylation sites (tertiary alicyclic amines) is 1. The molecule has 2 aromatic rings. The van der Waals surface area contributed by atoms with Gasteiger partial charge in [-0.2, -0.15) is 0 Å². The third-order valence-corrected chi connectivity index (χ3v) is 4.99. The molecule has 24 heavy (non-hydrogen) atoms. The number of aryl methyl sites for hydroxylation is 1. The summed E-state index contributed by atoms with van der Waals surface area (Å²) in [7, 11) is 0. The van der Waals surface area contributed by atoms with Crippen molar-refractivity contribution in [1.82, 2.24) is 10.2 Å². The molecule has 3 rings (SSSR count). The fraction of sp³-hybridized carbons (Fsp3) is 0.444. The zero-order valence-corrected chi connectivity index (χ0v) is 15.5. The Morgan fingerprint density at radius 1 is 1.25 bits per heavy atom. The lowest BCUT2D eigenvalue weighted by molar-refractivity contribution is -0.133. The summed E-state index contributed by atoms with van der Waals surface area (Å²) >= 11 is 3.40. The lowest BCUT2D eigenvalue weighted by Gasteiger charge is -2.29. The average Bonchev–Trinajstić information content (AvgIpc) is 2.91. The van der Waals surface area contributed by atoms with E-state index in [1.807, 2.05) is 30.0 Å². The molecule has 0 aliphatic carbocycles. The number of hydrogen-bond donors (Lipinski definition) is 1. The van der Waals surface area contributed by atoms with Crippen LogP contribution < -0.4 is 5.32 Å². The number of piperidine rings is 1. The standard InChI is InChI=1S/C18H21BrN2O3/c1-11-14-7-6-13(19)10-15(14)24-16(11)17(22)20-12(2)18(23)21-8-4-3-5-9-21/h6-7,10,12H,3-5,8-9H2,1-2H3,(H,20,22).